The predicted octanol–water partition coefficient (Wildman–Crippen LogP) is 7.89. The minimum Gasteiger partial charge on any atom is -0.394 e. The van der Waals surface area contributed by atoms with Gasteiger partial charge >= 0.3 is 0 Å². The number of aliphatic hydroxyl groups is 5. The fourth-order valence-corrected chi connectivity index (χ4v) is 6.19. The largest absolute Gasteiger partial charge is 0.394 e. The number of hydrogen-bond donors (Lipinski definition) is 6. The van der Waals surface area contributed by atoms with Gasteiger partial charge < -0.3 is 40.3 Å². The van der Waals surface area contributed by atoms with Gasteiger partial charge in [-0.1, -0.05) is 140 Å². The van der Waals surface area contributed by atoms with Crippen LogP contribution in [0.4, 0.5) is 0 Å². The Kier molecular flexibility index (Phi) is 31.2. The van der Waals surface area contributed by atoms with Gasteiger partial charge in [-0.05, 0) is 64.2 Å². The van der Waals surface area contributed by atoms with Gasteiger partial charge in [0, 0.05) is 6.42 Å². The van der Waals surface area contributed by atoms with Crippen LogP contribution in [-0.4, -0.2) is 87.5 Å². The van der Waals surface area contributed by atoms with Gasteiger partial charge in [-0.15, -0.1) is 0 Å². The maximum Gasteiger partial charge on any atom is 0.220 e. The smallest absolute Gasteiger partial charge is 0.220 e. The molecule has 1 amide bonds. The molecule has 0 aromatic carbocycles. The summed E-state index contributed by atoms with van der Waals surface area (Å²) in [6.45, 7) is 3.65. The summed E-state index contributed by atoms with van der Waals surface area (Å²) in [5.74, 6) is -0.200. The third-order valence-electron chi connectivity index (χ3n) is 9.58. The molecule has 0 aromatic rings. The van der Waals surface area contributed by atoms with E-state index in [-0.39, 0.29) is 12.5 Å². The summed E-state index contributed by atoms with van der Waals surface area (Å²) < 4.78 is 11.1. The Labute approximate surface area is 316 Å². The highest BCUT2D eigenvalue weighted by Gasteiger charge is 2.44. The first-order valence-electron chi connectivity index (χ1n) is 20.9. The second-order valence-corrected chi connectivity index (χ2v) is 14.4. The van der Waals surface area contributed by atoms with Crippen LogP contribution in [-0.2, 0) is 14.3 Å². The Bertz CT molecular complexity index is 951. The first-order valence-corrected chi connectivity index (χ1v) is 20.9. The quantitative estimate of drug-likeness (QED) is 0.0295. The minimum absolute atomic E-state index is 0.200. The molecule has 1 aliphatic heterocycles. The average molecular weight is 736 g/mol. The van der Waals surface area contributed by atoms with E-state index in [9.17, 15) is 30.3 Å². The molecule has 1 fully saturated rings. The number of hydrogen-bond acceptors (Lipinski definition) is 8. The van der Waals surface area contributed by atoms with Gasteiger partial charge in [0.05, 0.1) is 25.4 Å². The fraction of sp³-hybridized carbons (Fsp3) is 0.791. The van der Waals surface area contributed by atoms with Crippen LogP contribution in [0.15, 0.2) is 48.6 Å². The third kappa shape index (κ3) is 24.5. The maximum absolute atomic E-state index is 12.9. The van der Waals surface area contributed by atoms with Crippen LogP contribution in [0, 0.1) is 0 Å². The molecule has 9 heteroatoms. The molecule has 0 aliphatic carbocycles. The van der Waals surface area contributed by atoms with Crippen LogP contribution in [0.2, 0.25) is 0 Å². The first kappa shape index (κ1) is 48.2. The number of rotatable bonds is 33. The Balaban J connectivity index is 2.40. The molecule has 9 nitrogen and oxygen atoms in total. The molecule has 1 rings (SSSR count). The van der Waals surface area contributed by atoms with E-state index in [4.69, 9.17) is 9.47 Å². The van der Waals surface area contributed by atoms with Gasteiger partial charge in [0.15, 0.2) is 6.29 Å². The number of unbranched alkanes of at least 4 members (excludes halogenated alkanes) is 17. The lowest BCUT2D eigenvalue weighted by molar-refractivity contribution is -0.302. The van der Waals surface area contributed by atoms with Crippen molar-refractivity contribution in [2.45, 2.75) is 204 Å². The van der Waals surface area contributed by atoms with Crippen LogP contribution in [0.5, 0.6) is 0 Å². The summed E-state index contributed by atoms with van der Waals surface area (Å²) in [7, 11) is 0. The van der Waals surface area contributed by atoms with Crippen molar-refractivity contribution in [3.63, 3.8) is 0 Å². The summed E-state index contributed by atoms with van der Waals surface area (Å²) in [6, 6.07) is -0.828. The molecular weight excluding hydrogens is 658 g/mol. The molecule has 6 N–H and O–H groups in total. The normalized spacial score (nSPS) is 22.3. The molecule has 0 saturated carbocycles. The van der Waals surface area contributed by atoms with E-state index >= 15 is 0 Å². The molecule has 0 spiro atoms. The Morgan fingerprint density at radius 2 is 1.13 bits per heavy atom. The number of amides is 1. The van der Waals surface area contributed by atoms with Crippen LogP contribution >= 0.6 is 0 Å². The number of carbonyl (C=O) groups excluding carboxylic acids is 1. The summed E-state index contributed by atoms with van der Waals surface area (Å²) >= 11 is 0. The Morgan fingerprint density at radius 1 is 0.635 bits per heavy atom. The van der Waals surface area contributed by atoms with E-state index in [0.717, 1.165) is 70.6 Å². The molecule has 7 atom stereocenters. The molecule has 52 heavy (non-hydrogen) atoms. The van der Waals surface area contributed by atoms with E-state index < -0.39 is 49.5 Å². The SMILES string of the molecule is CCC/C=C/CC/C=C/CC/C=C/C(O)C(COC1OC(CO)C(O)C(O)C1O)NC(=O)CCCCCCCCC/C=C\CCCCCCCCC. The van der Waals surface area contributed by atoms with E-state index in [1.807, 2.05) is 6.08 Å². The molecular formula is C43H77NO8. The van der Waals surface area contributed by atoms with Gasteiger partial charge in [-0.3, -0.25) is 4.79 Å². The lowest BCUT2D eigenvalue weighted by atomic mass is 9.99. The molecule has 0 radical (unpaired) electrons. The highest BCUT2D eigenvalue weighted by molar-refractivity contribution is 5.76. The van der Waals surface area contributed by atoms with Crippen LogP contribution in [0.1, 0.15) is 162 Å². The van der Waals surface area contributed by atoms with Crippen molar-refractivity contribution in [2.75, 3.05) is 13.2 Å². The monoisotopic (exact) mass is 736 g/mol. The summed E-state index contributed by atoms with van der Waals surface area (Å²) in [6.07, 6.45) is 34.4. The van der Waals surface area contributed by atoms with Crippen LogP contribution < -0.4 is 5.32 Å². The van der Waals surface area contributed by atoms with E-state index in [1.54, 1.807) is 6.08 Å². The summed E-state index contributed by atoms with van der Waals surface area (Å²) in [5.41, 5.74) is 0. The lowest BCUT2D eigenvalue weighted by Crippen LogP contribution is -2.60. The van der Waals surface area contributed by atoms with Crippen molar-refractivity contribution in [2.24, 2.45) is 0 Å². The van der Waals surface area contributed by atoms with Crippen molar-refractivity contribution in [1.29, 1.82) is 0 Å². The van der Waals surface area contributed by atoms with Crippen molar-refractivity contribution in [1.82, 2.24) is 5.32 Å². The third-order valence-corrected chi connectivity index (χ3v) is 9.58. The highest BCUT2D eigenvalue weighted by atomic mass is 16.7. The molecule has 7 unspecified atom stereocenters. The second-order valence-electron chi connectivity index (χ2n) is 14.4. The molecule has 1 saturated heterocycles. The molecule has 0 aromatic heterocycles. The van der Waals surface area contributed by atoms with Gasteiger partial charge in [0.2, 0.25) is 5.91 Å². The lowest BCUT2D eigenvalue weighted by Gasteiger charge is -2.40. The fourth-order valence-electron chi connectivity index (χ4n) is 6.19. The minimum atomic E-state index is -1.57. The summed E-state index contributed by atoms with van der Waals surface area (Å²) in [5, 5.41) is 53.9. The number of allylic oxidation sites excluding steroid dienone is 7. The second kappa shape index (κ2) is 33.7. The van der Waals surface area contributed by atoms with Gasteiger partial charge in [-0.2, -0.15) is 0 Å². The first-order chi connectivity index (χ1) is 25.3. The van der Waals surface area contributed by atoms with Gasteiger partial charge in [0.25, 0.3) is 0 Å². The predicted molar refractivity (Wildman–Crippen MR) is 212 cm³/mol. The van der Waals surface area contributed by atoms with Crippen LogP contribution in [0.25, 0.3) is 0 Å². The standard InChI is InChI=1S/C43H77NO8/c1-3-5-7-9-11-13-15-16-17-18-19-20-21-23-25-27-29-31-33-39(47)44-36(35-51-43-42(50)41(49)40(48)38(34-45)52-43)37(46)32-30-28-26-24-22-14-12-10-8-6-4-2/h8,10,17-18,22,24,30,32,36-38,40-43,45-46,48-50H,3-7,9,11-16,19-21,23,25-29,31,33-35H2,1-2H3,(H,44,47)/b10-8+,18-17-,24-22+,32-30+. The molecule has 302 valence electrons. The average Bonchev–Trinajstić information content (AvgIpc) is 3.14. The highest BCUT2D eigenvalue weighted by Crippen LogP contribution is 2.22. The van der Waals surface area contributed by atoms with E-state index in [1.165, 1.54) is 70.6 Å². The van der Waals surface area contributed by atoms with Crippen LogP contribution in [0.3, 0.4) is 0 Å². The van der Waals surface area contributed by atoms with Gasteiger partial charge in [0.1, 0.15) is 24.4 Å². The van der Waals surface area contributed by atoms with E-state index in [0.29, 0.717) is 6.42 Å². The van der Waals surface area contributed by atoms with E-state index in [2.05, 4.69) is 55.6 Å². The molecule has 0 bridgehead atoms. The zero-order valence-corrected chi connectivity index (χ0v) is 32.8. The van der Waals surface area contributed by atoms with Crippen molar-refractivity contribution in [3.05, 3.63) is 48.6 Å². The topological polar surface area (TPSA) is 149 Å². The molecule has 1 aliphatic rings. The number of nitrogens with one attached hydrogen (secondary N) is 1. The summed E-state index contributed by atoms with van der Waals surface area (Å²) in [4.78, 5) is 12.9. The van der Waals surface area contributed by atoms with Gasteiger partial charge in [-0.25, -0.2) is 0 Å². The number of carbonyl (C=O) groups is 1. The Hall–Kier alpha value is -1.85. The van der Waals surface area contributed by atoms with Crippen molar-refractivity contribution < 1.29 is 39.8 Å². The van der Waals surface area contributed by atoms with Crippen molar-refractivity contribution in [3.8, 4) is 0 Å². The zero-order valence-electron chi connectivity index (χ0n) is 32.8. The number of ether oxygens (including phenoxy) is 2. The molecule has 1 heterocycles. The number of aliphatic hydroxyl groups excluding tert-OH is 5. The Morgan fingerprint density at radius 3 is 1.69 bits per heavy atom. The van der Waals surface area contributed by atoms with Crippen molar-refractivity contribution >= 4 is 5.91 Å². The zero-order chi connectivity index (χ0) is 38.1. The maximum atomic E-state index is 12.9.